The normalized spacial score (nSPS) is 11.0. The molecule has 0 fully saturated rings. The van der Waals surface area contributed by atoms with Crippen molar-refractivity contribution < 1.29 is 14.1 Å². The number of hydrogen-bond acceptors (Lipinski definition) is 6. The van der Waals surface area contributed by atoms with Crippen molar-refractivity contribution in [2.75, 3.05) is 13.7 Å². The van der Waals surface area contributed by atoms with Crippen molar-refractivity contribution in [2.45, 2.75) is 46.1 Å². The number of unbranched alkanes of at least 4 members (excludes halogenated alkanes) is 1. The number of methoxy groups -OCH3 is 1. The fourth-order valence-electron chi connectivity index (χ4n) is 3.12. The lowest BCUT2D eigenvalue weighted by Gasteiger charge is -2.09. The van der Waals surface area contributed by atoms with Gasteiger partial charge in [-0.25, -0.2) is 4.68 Å². The number of aromatic nitrogens is 3. The molecule has 0 radical (unpaired) electrons. The summed E-state index contributed by atoms with van der Waals surface area (Å²) in [5.74, 6) is 1.26. The lowest BCUT2D eigenvalue weighted by Crippen LogP contribution is -2.27. The minimum atomic E-state index is -0.319. The van der Waals surface area contributed by atoms with Gasteiger partial charge in [-0.2, -0.15) is 5.10 Å². The maximum absolute atomic E-state index is 12.8. The lowest BCUT2D eigenvalue weighted by atomic mass is 10.1. The second-order valence-corrected chi connectivity index (χ2v) is 6.87. The first-order valence-corrected chi connectivity index (χ1v) is 9.83. The second-order valence-electron chi connectivity index (χ2n) is 6.87. The molecule has 29 heavy (non-hydrogen) atoms. The fourth-order valence-corrected chi connectivity index (χ4v) is 3.12. The van der Waals surface area contributed by atoms with Crippen molar-refractivity contribution >= 4 is 16.8 Å². The van der Waals surface area contributed by atoms with Crippen LogP contribution in [-0.4, -0.2) is 34.5 Å². The Kier molecular flexibility index (Phi) is 6.64. The van der Waals surface area contributed by atoms with Gasteiger partial charge in [0.05, 0.1) is 12.5 Å². The third kappa shape index (κ3) is 4.64. The average molecular weight is 398 g/mol. The predicted octanol–water partition coefficient (Wildman–Crippen LogP) is 3.07. The Bertz CT molecular complexity index is 1040. The molecule has 3 rings (SSSR count). The van der Waals surface area contributed by atoms with Gasteiger partial charge in [-0.1, -0.05) is 18.5 Å². The van der Waals surface area contributed by atoms with Crippen LogP contribution in [0.5, 0.6) is 5.75 Å². The van der Waals surface area contributed by atoms with Gasteiger partial charge in [0.15, 0.2) is 5.52 Å². The number of carbonyl (C=O) groups excluding carboxylic acids is 1. The Balaban J connectivity index is 1.85. The molecule has 0 unspecified atom stereocenters. The Morgan fingerprint density at radius 3 is 2.69 bits per heavy atom. The molecule has 2 heterocycles. The smallest absolute Gasteiger partial charge is 0.296 e. The number of ether oxygens (including phenoxy) is 1. The third-order valence-corrected chi connectivity index (χ3v) is 4.75. The van der Waals surface area contributed by atoms with Gasteiger partial charge in [-0.3, -0.25) is 9.59 Å². The Morgan fingerprint density at radius 1 is 1.24 bits per heavy atom. The summed E-state index contributed by atoms with van der Waals surface area (Å²) >= 11 is 0. The van der Waals surface area contributed by atoms with Gasteiger partial charge in [0, 0.05) is 25.1 Å². The van der Waals surface area contributed by atoms with E-state index < -0.39 is 0 Å². The molecule has 0 saturated carbocycles. The zero-order chi connectivity index (χ0) is 20.8. The summed E-state index contributed by atoms with van der Waals surface area (Å²) in [6.07, 6.45) is 2.84. The van der Waals surface area contributed by atoms with E-state index in [9.17, 15) is 9.59 Å². The van der Waals surface area contributed by atoms with Gasteiger partial charge < -0.3 is 14.6 Å². The summed E-state index contributed by atoms with van der Waals surface area (Å²) in [5, 5.41) is 12.0. The monoisotopic (exact) mass is 398 g/mol. The highest BCUT2D eigenvalue weighted by Gasteiger charge is 2.19. The molecule has 0 aliphatic heterocycles. The van der Waals surface area contributed by atoms with Crippen LogP contribution in [0.15, 0.2) is 33.6 Å². The molecule has 0 aliphatic carbocycles. The van der Waals surface area contributed by atoms with E-state index in [0.29, 0.717) is 42.8 Å². The second kappa shape index (κ2) is 9.36. The molecule has 0 bridgehead atoms. The first-order valence-electron chi connectivity index (χ1n) is 9.83. The third-order valence-electron chi connectivity index (χ3n) is 4.75. The summed E-state index contributed by atoms with van der Waals surface area (Å²) in [6, 6.07) is 7.43. The van der Waals surface area contributed by atoms with Crippen LogP contribution in [0.25, 0.3) is 22.2 Å². The van der Waals surface area contributed by atoms with Crippen LogP contribution < -0.4 is 15.6 Å². The van der Waals surface area contributed by atoms with E-state index in [1.54, 1.807) is 14.0 Å². The molecule has 1 aromatic carbocycles. The number of fused-ring (bicyclic) bond motifs is 1. The standard InChI is InChI=1S/C21H26N4O4/c1-4-5-12-22-17(26)7-6-13-25-21(27)20-18(14(2)29-24-20)19(23-25)15-8-10-16(28-3)11-9-15/h8-11H,4-7,12-13H2,1-3H3,(H,22,26). The van der Waals surface area contributed by atoms with Crippen LogP contribution in [0, 0.1) is 6.92 Å². The number of carbonyl (C=O) groups is 1. The van der Waals surface area contributed by atoms with E-state index in [1.165, 1.54) is 4.68 Å². The quantitative estimate of drug-likeness (QED) is 0.556. The predicted molar refractivity (Wildman–Crippen MR) is 110 cm³/mol. The topological polar surface area (TPSA) is 99.2 Å². The first kappa shape index (κ1) is 20.6. The number of nitrogens with one attached hydrogen (secondary N) is 1. The highest BCUT2D eigenvalue weighted by Crippen LogP contribution is 2.28. The Morgan fingerprint density at radius 2 is 2.00 bits per heavy atom. The minimum absolute atomic E-state index is 0.0137. The molecule has 0 atom stereocenters. The molecular weight excluding hydrogens is 372 g/mol. The van der Waals surface area contributed by atoms with Gasteiger partial charge in [0.2, 0.25) is 5.91 Å². The highest BCUT2D eigenvalue weighted by molar-refractivity contribution is 5.93. The summed E-state index contributed by atoms with van der Waals surface area (Å²) < 4.78 is 11.8. The van der Waals surface area contributed by atoms with E-state index >= 15 is 0 Å². The summed E-state index contributed by atoms with van der Waals surface area (Å²) in [6.45, 7) is 4.84. The Hall–Kier alpha value is -3.16. The van der Waals surface area contributed by atoms with E-state index in [2.05, 4.69) is 22.5 Å². The van der Waals surface area contributed by atoms with Gasteiger partial charge in [-0.05, 0) is 44.0 Å². The molecule has 1 N–H and O–H groups in total. The van der Waals surface area contributed by atoms with Crippen molar-refractivity contribution in [1.82, 2.24) is 20.3 Å². The van der Waals surface area contributed by atoms with Crippen molar-refractivity contribution in [3.05, 3.63) is 40.4 Å². The van der Waals surface area contributed by atoms with E-state index in [-0.39, 0.29) is 17.0 Å². The molecular formula is C21H26N4O4. The molecule has 0 aliphatic rings. The van der Waals surface area contributed by atoms with Crippen LogP contribution in [0.2, 0.25) is 0 Å². The van der Waals surface area contributed by atoms with Crippen LogP contribution in [0.1, 0.15) is 38.4 Å². The summed E-state index contributed by atoms with van der Waals surface area (Å²) in [4.78, 5) is 24.7. The molecule has 8 nitrogen and oxygen atoms in total. The SMILES string of the molecule is CCCCNC(=O)CCCn1nc(-c2ccc(OC)cc2)c2c(C)onc2c1=O. The van der Waals surface area contributed by atoms with Gasteiger partial charge in [0.25, 0.3) is 5.56 Å². The Labute approximate surface area is 168 Å². The molecule has 0 saturated heterocycles. The molecule has 0 spiro atoms. The van der Waals surface area contributed by atoms with Crippen LogP contribution in [-0.2, 0) is 11.3 Å². The average Bonchev–Trinajstić information content (AvgIpc) is 3.12. The van der Waals surface area contributed by atoms with Crippen molar-refractivity contribution in [2.24, 2.45) is 0 Å². The van der Waals surface area contributed by atoms with Crippen LogP contribution >= 0.6 is 0 Å². The zero-order valence-electron chi connectivity index (χ0n) is 17.0. The molecule has 8 heteroatoms. The fraction of sp³-hybridized carbons (Fsp3) is 0.429. The maximum atomic E-state index is 12.8. The molecule has 2 aromatic heterocycles. The van der Waals surface area contributed by atoms with Gasteiger partial charge in [0.1, 0.15) is 17.2 Å². The largest absolute Gasteiger partial charge is 0.497 e. The number of rotatable bonds is 9. The van der Waals surface area contributed by atoms with Crippen molar-refractivity contribution in [3.8, 4) is 17.0 Å². The van der Waals surface area contributed by atoms with E-state index in [0.717, 1.165) is 24.2 Å². The molecule has 3 aromatic rings. The number of hydrogen-bond donors (Lipinski definition) is 1. The van der Waals surface area contributed by atoms with E-state index in [1.807, 2.05) is 24.3 Å². The van der Waals surface area contributed by atoms with Gasteiger partial charge >= 0.3 is 0 Å². The van der Waals surface area contributed by atoms with E-state index in [4.69, 9.17) is 9.26 Å². The first-order chi connectivity index (χ1) is 14.0. The summed E-state index contributed by atoms with van der Waals surface area (Å²) in [5.41, 5.74) is 1.37. The van der Waals surface area contributed by atoms with Crippen LogP contribution in [0.3, 0.4) is 0 Å². The van der Waals surface area contributed by atoms with Crippen molar-refractivity contribution in [3.63, 3.8) is 0 Å². The summed E-state index contributed by atoms with van der Waals surface area (Å²) in [7, 11) is 1.61. The van der Waals surface area contributed by atoms with Gasteiger partial charge in [-0.15, -0.1) is 0 Å². The van der Waals surface area contributed by atoms with Crippen molar-refractivity contribution in [1.29, 1.82) is 0 Å². The minimum Gasteiger partial charge on any atom is -0.497 e. The number of aryl methyl sites for hydroxylation is 2. The zero-order valence-corrected chi connectivity index (χ0v) is 17.0. The lowest BCUT2D eigenvalue weighted by molar-refractivity contribution is -0.121. The number of nitrogens with zero attached hydrogens (tertiary/aromatic N) is 3. The highest BCUT2D eigenvalue weighted by atomic mass is 16.5. The number of benzene rings is 1. The van der Waals surface area contributed by atoms with Crippen LogP contribution in [0.4, 0.5) is 0 Å². The molecule has 154 valence electrons. The maximum Gasteiger partial charge on any atom is 0.296 e. The number of amides is 1. The molecule has 1 amide bonds.